The molecule has 4 heteroatoms. The second-order valence-electron chi connectivity index (χ2n) is 1.72. The molecule has 0 aromatic heterocycles. The zero-order valence-corrected chi connectivity index (χ0v) is 4.93. The van der Waals surface area contributed by atoms with Crippen molar-refractivity contribution in [1.82, 2.24) is 0 Å². The minimum Gasteiger partial charge on any atom is -0.207 e. The molecule has 0 aromatic rings. The predicted octanol–water partition coefficient (Wildman–Crippen LogP) is 2.85. The van der Waals surface area contributed by atoms with Crippen LogP contribution in [0.25, 0.3) is 0 Å². The molecular formula is C5H7F4. The highest BCUT2D eigenvalue weighted by atomic mass is 19.3. The van der Waals surface area contributed by atoms with Crippen LogP contribution >= 0.6 is 0 Å². The van der Waals surface area contributed by atoms with Crippen molar-refractivity contribution >= 4 is 0 Å². The van der Waals surface area contributed by atoms with Crippen LogP contribution in [0.3, 0.4) is 0 Å². The Morgan fingerprint density at radius 2 is 1.78 bits per heavy atom. The molecule has 0 rings (SSSR count). The van der Waals surface area contributed by atoms with Gasteiger partial charge in [-0.3, -0.25) is 0 Å². The maximum absolute atomic E-state index is 11.9. The van der Waals surface area contributed by atoms with Gasteiger partial charge in [-0.25, -0.2) is 8.78 Å². The van der Waals surface area contributed by atoms with E-state index in [9.17, 15) is 17.6 Å². The van der Waals surface area contributed by atoms with Crippen LogP contribution < -0.4 is 0 Å². The number of hydrogen-bond donors (Lipinski definition) is 0. The third-order valence-corrected chi connectivity index (χ3v) is 0.910. The molecule has 0 N–H and O–H groups in total. The van der Waals surface area contributed by atoms with Crippen LogP contribution in [0.4, 0.5) is 17.6 Å². The number of alkyl halides is 2. The van der Waals surface area contributed by atoms with Gasteiger partial charge in [0.1, 0.15) is 0 Å². The minimum absolute atomic E-state index is 0.537. The average molecular weight is 143 g/mol. The first-order valence-electron chi connectivity index (χ1n) is 2.52. The summed E-state index contributed by atoms with van der Waals surface area (Å²) in [4.78, 5) is 0. The van der Waals surface area contributed by atoms with Crippen molar-refractivity contribution < 1.29 is 17.6 Å². The monoisotopic (exact) mass is 143 g/mol. The molecule has 0 nitrogen and oxygen atoms in total. The number of halogens is 4. The lowest BCUT2D eigenvalue weighted by molar-refractivity contribution is -0.0275. The predicted molar refractivity (Wildman–Crippen MR) is 25.3 cm³/mol. The average Bonchev–Trinajstić information content (AvgIpc) is 1.63. The smallest absolute Gasteiger partial charge is 0.207 e. The number of rotatable bonds is 3. The van der Waals surface area contributed by atoms with Crippen molar-refractivity contribution in [2.24, 2.45) is 0 Å². The van der Waals surface area contributed by atoms with Gasteiger partial charge in [0.25, 0.3) is 5.92 Å². The van der Waals surface area contributed by atoms with E-state index < -0.39 is 25.2 Å². The van der Waals surface area contributed by atoms with E-state index in [1.807, 2.05) is 0 Å². The largest absolute Gasteiger partial charge is 0.316 e. The third kappa shape index (κ3) is 4.24. The summed E-state index contributed by atoms with van der Waals surface area (Å²) < 4.78 is 46.1. The summed E-state index contributed by atoms with van der Waals surface area (Å²) in [6.07, 6.45) is -4.14. The van der Waals surface area contributed by atoms with E-state index >= 15 is 0 Å². The Labute approximate surface area is 50.9 Å². The van der Waals surface area contributed by atoms with E-state index in [2.05, 4.69) is 0 Å². The molecule has 0 aliphatic carbocycles. The normalized spacial score (nSPS) is 12.7. The highest BCUT2D eigenvalue weighted by Crippen LogP contribution is 2.28. The van der Waals surface area contributed by atoms with Crippen molar-refractivity contribution in [1.29, 1.82) is 0 Å². The summed E-state index contributed by atoms with van der Waals surface area (Å²) in [5.74, 6) is -3.22. The van der Waals surface area contributed by atoms with Gasteiger partial charge >= 0.3 is 6.43 Å². The summed E-state index contributed by atoms with van der Waals surface area (Å²) in [5, 5.41) is 0. The Hall–Kier alpha value is -0.280. The van der Waals surface area contributed by atoms with Gasteiger partial charge in [-0.2, -0.15) is 8.78 Å². The van der Waals surface area contributed by atoms with Gasteiger partial charge in [-0.15, -0.1) is 0 Å². The first kappa shape index (κ1) is 8.72. The van der Waals surface area contributed by atoms with Crippen molar-refractivity contribution in [3.8, 4) is 0 Å². The van der Waals surface area contributed by atoms with E-state index in [0.717, 1.165) is 0 Å². The van der Waals surface area contributed by atoms with Crippen molar-refractivity contribution in [3.05, 3.63) is 6.43 Å². The van der Waals surface area contributed by atoms with Crippen LogP contribution in [0.1, 0.15) is 19.8 Å². The van der Waals surface area contributed by atoms with Gasteiger partial charge in [0.2, 0.25) is 0 Å². The second kappa shape index (κ2) is 3.03. The Balaban J connectivity index is 3.58. The molecule has 9 heavy (non-hydrogen) atoms. The van der Waals surface area contributed by atoms with Gasteiger partial charge in [0.05, 0.1) is 6.42 Å². The Morgan fingerprint density at radius 3 is 1.89 bits per heavy atom. The molecular weight excluding hydrogens is 136 g/mol. The molecule has 0 fully saturated rings. The summed E-state index contributed by atoms with van der Waals surface area (Å²) in [6.45, 7) is 1.17. The van der Waals surface area contributed by atoms with Crippen LogP contribution in [0.15, 0.2) is 0 Å². The maximum Gasteiger partial charge on any atom is 0.316 e. The van der Waals surface area contributed by atoms with E-state index in [1.54, 1.807) is 0 Å². The van der Waals surface area contributed by atoms with Crippen molar-refractivity contribution in [2.75, 3.05) is 0 Å². The lowest BCUT2D eigenvalue weighted by Crippen LogP contribution is -2.15. The minimum atomic E-state index is -3.22. The van der Waals surface area contributed by atoms with Gasteiger partial charge in [0.15, 0.2) is 0 Å². The number of hydrogen-bond acceptors (Lipinski definition) is 0. The standard InChI is InChI=1S/C5H7F4/c1-2-5(8,9)3-4(6)7/h2-3H2,1H3. The van der Waals surface area contributed by atoms with Crippen LogP contribution in [0.2, 0.25) is 0 Å². The summed E-state index contributed by atoms with van der Waals surface area (Å²) in [6, 6.07) is 0. The van der Waals surface area contributed by atoms with Crippen molar-refractivity contribution in [3.63, 3.8) is 0 Å². The Kier molecular flexibility index (Phi) is 2.94. The molecule has 0 atom stereocenters. The lowest BCUT2D eigenvalue weighted by Gasteiger charge is -2.10. The molecule has 0 aliphatic rings. The van der Waals surface area contributed by atoms with Crippen LogP contribution in [-0.2, 0) is 0 Å². The SMILES string of the molecule is CCC(F)(F)C[C](F)F. The summed E-state index contributed by atoms with van der Waals surface area (Å²) in [5.41, 5.74) is 0. The molecule has 0 heterocycles. The van der Waals surface area contributed by atoms with Crippen LogP contribution in [0.5, 0.6) is 0 Å². The van der Waals surface area contributed by atoms with Crippen molar-refractivity contribution in [2.45, 2.75) is 25.7 Å². The van der Waals surface area contributed by atoms with E-state index in [4.69, 9.17) is 0 Å². The first-order chi connectivity index (χ1) is 3.98. The zero-order valence-electron chi connectivity index (χ0n) is 4.93. The Bertz CT molecular complexity index is 79.0. The molecule has 0 aromatic carbocycles. The topological polar surface area (TPSA) is 0 Å². The first-order valence-corrected chi connectivity index (χ1v) is 2.52. The molecule has 0 saturated carbocycles. The quantitative estimate of drug-likeness (QED) is 0.533. The molecule has 0 saturated heterocycles. The van der Waals surface area contributed by atoms with Crippen LogP contribution in [0, 0.1) is 6.43 Å². The molecule has 0 bridgehead atoms. The van der Waals surface area contributed by atoms with Gasteiger partial charge in [-0.05, 0) is 0 Å². The van der Waals surface area contributed by atoms with E-state index in [-0.39, 0.29) is 0 Å². The molecule has 0 unspecified atom stereocenters. The van der Waals surface area contributed by atoms with E-state index in [0.29, 0.717) is 0 Å². The fourth-order valence-electron chi connectivity index (χ4n) is 0.321. The zero-order chi connectivity index (χ0) is 7.49. The lowest BCUT2D eigenvalue weighted by atomic mass is 10.2. The molecule has 1 radical (unpaired) electrons. The summed E-state index contributed by atoms with van der Waals surface area (Å²) in [7, 11) is 0. The second-order valence-corrected chi connectivity index (χ2v) is 1.72. The highest BCUT2D eigenvalue weighted by molar-refractivity contribution is 4.73. The molecule has 0 aliphatic heterocycles. The van der Waals surface area contributed by atoms with Gasteiger partial charge in [0, 0.05) is 6.42 Å². The molecule has 0 spiro atoms. The maximum atomic E-state index is 11.9. The molecule has 55 valence electrons. The van der Waals surface area contributed by atoms with Crippen LogP contribution in [-0.4, -0.2) is 5.92 Å². The fraction of sp³-hybridized carbons (Fsp3) is 0.800. The fourth-order valence-corrected chi connectivity index (χ4v) is 0.321. The highest BCUT2D eigenvalue weighted by Gasteiger charge is 2.31. The van der Waals surface area contributed by atoms with E-state index in [1.165, 1.54) is 6.92 Å². The van der Waals surface area contributed by atoms with Gasteiger partial charge < -0.3 is 0 Å². The summed E-state index contributed by atoms with van der Waals surface area (Å²) >= 11 is 0. The molecule has 0 amide bonds. The third-order valence-electron chi connectivity index (χ3n) is 0.910. The Morgan fingerprint density at radius 1 is 1.33 bits per heavy atom. The van der Waals surface area contributed by atoms with Gasteiger partial charge in [-0.1, -0.05) is 6.92 Å².